The summed E-state index contributed by atoms with van der Waals surface area (Å²) in [6, 6.07) is 6.53. The number of ether oxygens (including phenoxy) is 2. The Hall–Kier alpha value is -4.86. The lowest BCUT2D eigenvalue weighted by Crippen LogP contribution is -2.56. The van der Waals surface area contributed by atoms with Crippen molar-refractivity contribution in [1.82, 2.24) is 30.2 Å². The van der Waals surface area contributed by atoms with Gasteiger partial charge in [0, 0.05) is 13.1 Å². The number of methoxy groups -OCH3 is 1. The van der Waals surface area contributed by atoms with Gasteiger partial charge in [0.2, 0.25) is 5.95 Å². The highest BCUT2D eigenvalue weighted by molar-refractivity contribution is 6.36. The third-order valence-electron chi connectivity index (χ3n) is 7.25. The summed E-state index contributed by atoms with van der Waals surface area (Å²) in [4.78, 5) is 35.6. The molecule has 0 saturated carbocycles. The normalized spacial score (nSPS) is 19.7. The smallest absolute Gasteiger partial charge is 0.407 e. The number of halogens is 1. The summed E-state index contributed by atoms with van der Waals surface area (Å²) in [5, 5.41) is 36.1. The number of nitriles is 2. The molecular formula is C27H30ClN11O4. The number of nitrogens with zero attached hydrogens (tertiary/aromatic N) is 7. The number of alkyl carbamates (subject to hydrolysis) is 1. The van der Waals surface area contributed by atoms with Gasteiger partial charge in [0.25, 0.3) is 0 Å². The van der Waals surface area contributed by atoms with Gasteiger partial charge in [-0.25, -0.2) is 9.78 Å². The second-order valence-corrected chi connectivity index (χ2v) is 10.4. The van der Waals surface area contributed by atoms with Gasteiger partial charge in [-0.3, -0.25) is 4.79 Å². The van der Waals surface area contributed by atoms with Crippen LogP contribution in [0.1, 0.15) is 37.4 Å². The van der Waals surface area contributed by atoms with E-state index in [1.807, 2.05) is 11.8 Å². The largest absolute Gasteiger partial charge is 0.457 e. The predicted molar refractivity (Wildman–Crippen MR) is 156 cm³/mol. The number of aromatic nitrogens is 4. The molecule has 1 amide bonds. The third-order valence-corrected chi connectivity index (χ3v) is 7.65. The highest BCUT2D eigenvalue weighted by Gasteiger charge is 2.36. The van der Waals surface area contributed by atoms with Crippen LogP contribution in [0.25, 0.3) is 5.65 Å². The van der Waals surface area contributed by atoms with Gasteiger partial charge in [0.15, 0.2) is 17.2 Å². The van der Waals surface area contributed by atoms with Gasteiger partial charge < -0.3 is 35.6 Å². The average Bonchev–Trinajstić information content (AvgIpc) is 3.70. The number of fused-ring (bicyclic) bond motifs is 1. The van der Waals surface area contributed by atoms with Crippen molar-refractivity contribution in [3.63, 3.8) is 0 Å². The SMILES string of the molecule is CCNc1nc(Nc2cc(C#N)cc(N3CC[C@@H](NC(=O)OC)[C@H](OC(=O)[C@@H]4CCCN4)C3)c2Cl)nn2c(C#N)cnc12. The molecule has 2 aliphatic rings. The Morgan fingerprint density at radius 1 is 1.26 bits per heavy atom. The first kappa shape index (κ1) is 29.6. The number of imidazole rings is 1. The molecule has 4 N–H and O–H groups in total. The van der Waals surface area contributed by atoms with E-state index >= 15 is 0 Å². The summed E-state index contributed by atoms with van der Waals surface area (Å²) in [6.07, 6.45) is 2.04. The van der Waals surface area contributed by atoms with Gasteiger partial charge in [-0.1, -0.05) is 11.6 Å². The summed E-state index contributed by atoms with van der Waals surface area (Å²) in [5.41, 5.74) is 1.80. The van der Waals surface area contributed by atoms with Crippen LogP contribution in [0.5, 0.6) is 0 Å². The van der Waals surface area contributed by atoms with Gasteiger partial charge in [0.05, 0.1) is 53.9 Å². The first-order valence-corrected chi connectivity index (χ1v) is 14.2. The zero-order valence-electron chi connectivity index (χ0n) is 23.6. The number of piperidine rings is 1. The molecule has 0 bridgehead atoms. The molecule has 4 heterocycles. The molecule has 2 saturated heterocycles. The van der Waals surface area contributed by atoms with Gasteiger partial charge in [-0.05, 0) is 44.9 Å². The second-order valence-electron chi connectivity index (χ2n) is 10.0. The molecular weight excluding hydrogens is 578 g/mol. The number of anilines is 4. The third kappa shape index (κ3) is 6.33. The lowest BCUT2D eigenvalue weighted by Gasteiger charge is -2.40. The number of benzene rings is 1. The van der Waals surface area contributed by atoms with E-state index in [4.69, 9.17) is 21.1 Å². The van der Waals surface area contributed by atoms with Crippen molar-refractivity contribution < 1.29 is 19.1 Å². The van der Waals surface area contributed by atoms with Crippen molar-refractivity contribution in [3.8, 4) is 12.1 Å². The minimum absolute atomic E-state index is 0.123. The molecule has 43 heavy (non-hydrogen) atoms. The topological polar surface area (TPSA) is 195 Å². The van der Waals surface area contributed by atoms with E-state index in [1.54, 1.807) is 12.1 Å². The number of amides is 1. The molecule has 2 aliphatic heterocycles. The first-order chi connectivity index (χ1) is 20.8. The van der Waals surface area contributed by atoms with Crippen LogP contribution >= 0.6 is 11.6 Å². The van der Waals surface area contributed by atoms with Crippen molar-refractivity contribution in [1.29, 1.82) is 10.5 Å². The van der Waals surface area contributed by atoms with Crippen LogP contribution < -0.4 is 26.2 Å². The van der Waals surface area contributed by atoms with Crippen LogP contribution in [-0.4, -0.2) is 83.1 Å². The molecule has 5 rings (SSSR count). The number of hydrogen-bond acceptors (Lipinski definition) is 13. The standard InChI is InChI=1S/C27H30ClN11O4/c1-3-31-23-24-33-13-16(12-30)39(24)37-26(36-23)34-19-9-15(11-29)10-20(22(19)28)38-8-6-17(35-27(41)42-2)21(14-38)43-25(40)18-5-4-7-32-18/h9-10,13,17-18,21,32H,3-8,14H2,1-2H3,(H,35,41)(H2,31,34,36,37)/t17-,18+,21-/m1/s1. The summed E-state index contributed by atoms with van der Waals surface area (Å²) in [7, 11) is 1.27. The fourth-order valence-corrected chi connectivity index (χ4v) is 5.43. The van der Waals surface area contributed by atoms with E-state index in [1.165, 1.54) is 17.8 Å². The van der Waals surface area contributed by atoms with E-state index in [2.05, 4.69) is 48.5 Å². The van der Waals surface area contributed by atoms with Crippen LogP contribution in [0.4, 0.5) is 27.9 Å². The molecule has 0 unspecified atom stereocenters. The Balaban J connectivity index is 1.45. The zero-order valence-corrected chi connectivity index (χ0v) is 24.3. The monoisotopic (exact) mass is 607 g/mol. The molecule has 2 aromatic heterocycles. The maximum Gasteiger partial charge on any atom is 0.407 e. The number of nitrogens with one attached hydrogen (secondary N) is 4. The van der Waals surface area contributed by atoms with E-state index in [0.717, 1.165) is 13.0 Å². The van der Waals surface area contributed by atoms with Crippen molar-refractivity contribution in [2.24, 2.45) is 0 Å². The van der Waals surface area contributed by atoms with Gasteiger partial charge in [0.1, 0.15) is 18.2 Å². The quantitative estimate of drug-likeness (QED) is 0.273. The highest BCUT2D eigenvalue weighted by Crippen LogP contribution is 2.37. The number of carbonyl (C=O) groups excluding carboxylic acids is 2. The second kappa shape index (κ2) is 13.0. The number of carbonyl (C=O) groups is 2. The molecule has 3 atom stereocenters. The van der Waals surface area contributed by atoms with E-state index < -0.39 is 24.3 Å². The van der Waals surface area contributed by atoms with Crippen LogP contribution in [0, 0.1) is 22.7 Å². The summed E-state index contributed by atoms with van der Waals surface area (Å²) in [5.74, 6) is 0.147. The Morgan fingerprint density at radius 3 is 2.79 bits per heavy atom. The Bertz CT molecular complexity index is 1610. The molecule has 0 aliphatic carbocycles. The van der Waals surface area contributed by atoms with Gasteiger partial charge in [-0.2, -0.15) is 20.0 Å². The van der Waals surface area contributed by atoms with Gasteiger partial charge >= 0.3 is 12.1 Å². The molecule has 2 fully saturated rings. The molecule has 224 valence electrons. The summed E-state index contributed by atoms with van der Waals surface area (Å²) in [6.45, 7) is 3.83. The minimum Gasteiger partial charge on any atom is -0.457 e. The van der Waals surface area contributed by atoms with E-state index in [0.29, 0.717) is 54.3 Å². The Kier molecular flexibility index (Phi) is 8.94. The zero-order chi connectivity index (χ0) is 30.5. The first-order valence-electron chi connectivity index (χ1n) is 13.8. The summed E-state index contributed by atoms with van der Waals surface area (Å²) >= 11 is 6.91. The lowest BCUT2D eigenvalue weighted by atomic mass is 10.00. The number of esters is 1. The molecule has 15 nitrogen and oxygen atoms in total. The number of hydrogen-bond donors (Lipinski definition) is 4. The van der Waals surface area contributed by atoms with Crippen molar-refractivity contribution in [2.75, 3.05) is 48.8 Å². The summed E-state index contributed by atoms with van der Waals surface area (Å²) < 4.78 is 12.0. The number of rotatable bonds is 8. The highest BCUT2D eigenvalue weighted by atomic mass is 35.5. The maximum absolute atomic E-state index is 12.9. The van der Waals surface area contributed by atoms with E-state index in [-0.39, 0.29) is 29.2 Å². The molecule has 0 spiro atoms. The Morgan fingerprint density at radius 2 is 2.09 bits per heavy atom. The fraction of sp³-hybridized carbons (Fsp3) is 0.444. The average molecular weight is 608 g/mol. The van der Waals surface area contributed by atoms with Gasteiger partial charge in [-0.15, -0.1) is 5.10 Å². The lowest BCUT2D eigenvalue weighted by molar-refractivity contribution is -0.152. The molecule has 3 aromatic rings. The van der Waals surface area contributed by atoms with Crippen molar-refractivity contribution in [3.05, 3.63) is 34.6 Å². The van der Waals surface area contributed by atoms with Crippen LogP contribution in [0.15, 0.2) is 18.3 Å². The van der Waals surface area contributed by atoms with Crippen LogP contribution in [-0.2, 0) is 14.3 Å². The van der Waals surface area contributed by atoms with Crippen molar-refractivity contribution in [2.45, 2.75) is 44.4 Å². The molecule has 0 radical (unpaired) electrons. The van der Waals surface area contributed by atoms with Crippen LogP contribution in [0.2, 0.25) is 5.02 Å². The minimum atomic E-state index is -0.708. The van der Waals surface area contributed by atoms with Crippen LogP contribution in [0.3, 0.4) is 0 Å². The van der Waals surface area contributed by atoms with E-state index in [9.17, 15) is 20.1 Å². The fourth-order valence-electron chi connectivity index (χ4n) is 5.16. The maximum atomic E-state index is 12.9. The molecule has 1 aromatic carbocycles. The Labute approximate surface area is 252 Å². The van der Waals surface area contributed by atoms with Crippen molar-refractivity contribution >= 4 is 52.5 Å². The molecule has 16 heteroatoms. The predicted octanol–water partition coefficient (Wildman–Crippen LogP) is 2.29.